The molecule has 0 spiro atoms. The zero-order chi connectivity index (χ0) is 15.6. The summed E-state index contributed by atoms with van der Waals surface area (Å²) in [4.78, 5) is 23.7. The number of carbonyl (C=O) groups excluding carboxylic acids is 2. The van der Waals surface area contributed by atoms with Gasteiger partial charge in [-0.2, -0.15) is 5.10 Å². The molecule has 0 aliphatic rings. The van der Waals surface area contributed by atoms with E-state index in [-0.39, 0.29) is 11.6 Å². The summed E-state index contributed by atoms with van der Waals surface area (Å²) in [7, 11) is 0. The predicted molar refractivity (Wildman–Crippen MR) is 80.3 cm³/mol. The number of nitrogens with one attached hydrogen (secondary N) is 1. The van der Waals surface area contributed by atoms with Crippen LogP contribution in [0, 0.1) is 13.8 Å². The Labute approximate surface area is 122 Å². The van der Waals surface area contributed by atoms with E-state index in [2.05, 4.69) is 10.4 Å². The molecule has 0 saturated heterocycles. The first kappa shape index (κ1) is 14.8. The number of rotatable bonds is 4. The highest BCUT2D eigenvalue weighted by molar-refractivity contribution is 6.08. The van der Waals surface area contributed by atoms with Crippen molar-refractivity contribution in [3.05, 3.63) is 46.8 Å². The molecular weight excluding hydrogens is 268 g/mol. The summed E-state index contributed by atoms with van der Waals surface area (Å²) in [6.07, 6.45) is 1.60. The summed E-state index contributed by atoms with van der Waals surface area (Å²) in [5, 5.41) is 6.75. The maximum Gasteiger partial charge on any atom is 0.271 e. The molecule has 2 aromatic rings. The number of amides is 2. The van der Waals surface area contributed by atoms with Gasteiger partial charge in [0.15, 0.2) is 5.69 Å². The first-order valence-electron chi connectivity index (χ1n) is 6.68. The lowest BCUT2D eigenvalue weighted by Crippen LogP contribution is -2.18. The van der Waals surface area contributed by atoms with Crippen LogP contribution in [-0.4, -0.2) is 21.6 Å². The quantitative estimate of drug-likeness (QED) is 0.899. The fraction of sp³-hybridized carbons (Fsp3) is 0.267. The van der Waals surface area contributed by atoms with E-state index >= 15 is 0 Å². The van der Waals surface area contributed by atoms with Gasteiger partial charge in [0.25, 0.3) is 11.8 Å². The Hall–Kier alpha value is -2.63. The Balaban J connectivity index is 2.33. The fourth-order valence-corrected chi connectivity index (χ4v) is 2.03. The summed E-state index contributed by atoms with van der Waals surface area (Å²) in [6, 6.07) is 5.63. The fourth-order valence-electron chi connectivity index (χ4n) is 2.03. The van der Waals surface area contributed by atoms with E-state index in [1.165, 1.54) is 0 Å². The highest BCUT2D eigenvalue weighted by Gasteiger charge is 2.17. The molecule has 2 rings (SSSR count). The number of carbonyl (C=O) groups is 2. The van der Waals surface area contributed by atoms with Gasteiger partial charge in [0, 0.05) is 18.3 Å². The molecule has 0 aliphatic heterocycles. The molecule has 1 heterocycles. The Kier molecular flexibility index (Phi) is 4.07. The number of nitrogens with two attached hydrogens (primary N) is 1. The Morgan fingerprint density at radius 1 is 1.33 bits per heavy atom. The zero-order valence-electron chi connectivity index (χ0n) is 12.3. The van der Waals surface area contributed by atoms with Crippen molar-refractivity contribution in [3.63, 3.8) is 0 Å². The molecule has 110 valence electrons. The van der Waals surface area contributed by atoms with E-state index < -0.39 is 5.91 Å². The standard InChI is InChI=1S/C15H18N4O2/c1-4-19-8-12(13(18-19)14(16)20)17-15(21)11-7-9(2)5-6-10(11)3/h5-8H,4H2,1-3H3,(H2,16,20)(H,17,21). The maximum absolute atomic E-state index is 12.4. The summed E-state index contributed by atoms with van der Waals surface area (Å²) in [6.45, 7) is 6.24. The van der Waals surface area contributed by atoms with Crippen molar-refractivity contribution < 1.29 is 9.59 Å². The molecule has 0 saturated carbocycles. The minimum Gasteiger partial charge on any atom is -0.364 e. The average molecular weight is 286 g/mol. The topological polar surface area (TPSA) is 90.0 Å². The van der Waals surface area contributed by atoms with Gasteiger partial charge >= 0.3 is 0 Å². The molecule has 0 fully saturated rings. The van der Waals surface area contributed by atoms with E-state index in [1.54, 1.807) is 16.9 Å². The Bertz CT molecular complexity index is 704. The van der Waals surface area contributed by atoms with Crippen LogP contribution in [0.1, 0.15) is 38.9 Å². The van der Waals surface area contributed by atoms with Crippen molar-refractivity contribution in [2.45, 2.75) is 27.3 Å². The third-order valence-electron chi connectivity index (χ3n) is 3.20. The number of hydrogen-bond acceptors (Lipinski definition) is 3. The van der Waals surface area contributed by atoms with Gasteiger partial charge in [-0.05, 0) is 32.4 Å². The lowest BCUT2D eigenvalue weighted by Gasteiger charge is -2.07. The number of benzene rings is 1. The van der Waals surface area contributed by atoms with Crippen molar-refractivity contribution >= 4 is 17.5 Å². The van der Waals surface area contributed by atoms with Crippen LogP contribution in [0.4, 0.5) is 5.69 Å². The molecule has 3 N–H and O–H groups in total. The molecule has 2 amide bonds. The van der Waals surface area contributed by atoms with Crippen molar-refractivity contribution in [1.82, 2.24) is 9.78 Å². The second-order valence-electron chi connectivity index (χ2n) is 4.88. The highest BCUT2D eigenvalue weighted by atomic mass is 16.2. The van der Waals surface area contributed by atoms with Crippen LogP contribution in [0.25, 0.3) is 0 Å². The lowest BCUT2D eigenvalue weighted by molar-refractivity contribution is 0.0995. The third-order valence-corrected chi connectivity index (χ3v) is 3.20. The molecule has 0 unspecified atom stereocenters. The molecule has 0 aliphatic carbocycles. The van der Waals surface area contributed by atoms with Crippen LogP contribution < -0.4 is 11.1 Å². The Morgan fingerprint density at radius 2 is 2.05 bits per heavy atom. The molecule has 0 atom stereocenters. The second-order valence-corrected chi connectivity index (χ2v) is 4.88. The van der Waals surface area contributed by atoms with Gasteiger partial charge in [0.1, 0.15) is 0 Å². The minimum absolute atomic E-state index is 0.0653. The van der Waals surface area contributed by atoms with Crippen LogP contribution in [0.5, 0.6) is 0 Å². The van der Waals surface area contributed by atoms with Crippen molar-refractivity contribution in [3.8, 4) is 0 Å². The highest BCUT2D eigenvalue weighted by Crippen LogP contribution is 2.17. The molecule has 6 heteroatoms. The van der Waals surface area contributed by atoms with Crippen LogP contribution in [0.3, 0.4) is 0 Å². The lowest BCUT2D eigenvalue weighted by atomic mass is 10.1. The number of primary amides is 1. The van der Waals surface area contributed by atoms with Gasteiger partial charge < -0.3 is 11.1 Å². The van der Waals surface area contributed by atoms with Crippen molar-refractivity contribution in [1.29, 1.82) is 0 Å². The van der Waals surface area contributed by atoms with E-state index in [0.717, 1.165) is 11.1 Å². The molecule has 0 radical (unpaired) electrons. The Morgan fingerprint density at radius 3 is 2.67 bits per heavy atom. The third kappa shape index (κ3) is 3.10. The molecule has 1 aromatic carbocycles. The van der Waals surface area contributed by atoms with Crippen LogP contribution in [0.15, 0.2) is 24.4 Å². The molecule has 21 heavy (non-hydrogen) atoms. The summed E-state index contributed by atoms with van der Waals surface area (Å²) < 4.78 is 1.55. The number of nitrogens with zero attached hydrogens (tertiary/aromatic N) is 2. The summed E-state index contributed by atoms with van der Waals surface area (Å²) in [5.41, 5.74) is 8.10. The second kappa shape index (κ2) is 5.78. The van der Waals surface area contributed by atoms with Crippen LogP contribution in [-0.2, 0) is 6.54 Å². The first-order chi connectivity index (χ1) is 9.92. The molecule has 6 nitrogen and oxygen atoms in total. The first-order valence-corrected chi connectivity index (χ1v) is 6.68. The summed E-state index contributed by atoms with van der Waals surface area (Å²) >= 11 is 0. The van der Waals surface area contributed by atoms with Crippen molar-refractivity contribution in [2.75, 3.05) is 5.32 Å². The van der Waals surface area contributed by atoms with Gasteiger partial charge in [-0.1, -0.05) is 17.7 Å². The van der Waals surface area contributed by atoms with Gasteiger partial charge in [-0.15, -0.1) is 0 Å². The van der Waals surface area contributed by atoms with Gasteiger partial charge in [-0.25, -0.2) is 0 Å². The normalized spacial score (nSPS) is 10.4. The zero-order valence-corrected chi connectivity index (χ0v) is 12.3. The van der Waals surface area contributed by atoms with E-state index in [0.29, 0.717) is 17.8 Å². The number of anilines is 1. The van der Waals surface area contributed by atoms with E-state index in [4.69, 9.17) is 5.73 Å². The van der Waals surface area contributed by atoms with E-state index in [1.807, 2.05) is 32.9 Å². The van der Waals surface area contributed by atoms with Crippen LogP contribution in [0.2, 0.25) is 0 Å². The molecular formula is C15H18N4O2. The molecule has 1 aromatic heterocycles. The monoisotopic (exact) mass is 286 g/mol. The molecule has 0 bridgehead atoms. The van der Waals surface area contributed by atoms with Gasteiger partial charge in [0.05, 0.1) is 5.69 Å². The van der Waals surface area contributed by atoms with Crippen LogP contribution >= 0.6 is 0 Å². The average Bonchev–Trinajstić information content (AvgIpc) is 2.84. The van der Waals surface area contributed by atoms with Gasteiger partial charge in [0.2, 0.25) is 0 Å². The van der Waals surface area contributed by atoms with Crippen molar-refractivity contribution in [2.24, 2.45) is 5.73 Å². The predicted octanol–water partition coefficient (Wildman–Crippen LogP) is 1.87. The summed E-state index contributed by atoms with van der Waals surface area (Å²) in [5.74, 6) is -0.951. The van der Waals surface area contributed by atoms with E-state index in [9.17, 15) is 9.59 Å². The smallest absolute Gasteiger partial charge is 0.271 e. The number of aryl methyl sites for hydroxylation is 3. The number of aromatic nitrogens is 2. The van der Waals surface area contributed by atoms with Gasteiger partial charge in [-0.3, -0.25) is 14.3 Å². The maximum atomic E-state index is 12.4. The largest absolute Gasteiger partial charge is 0.364 e. The minimum atomic E-state index is -0.668. The number of hydrogen-bond donors (Lipinski definition) is 2. The SMILES string of the molecule is CCn1cc(NC(=O)c2cc(C)ccc2C)c(C(N)=O)n1.